The van der Waals surface area contributed by atoms with E-state index in [1.54, 1.807) is 24.3 Å². The van der Waals surface area contributed by atoms with Crippen LogP contribution in [0.1, 0.15) is 29.5 Å². The number of hydrazone groups is 1. The van der Waals surface area contributed by atoms with Gasteiger partial charge in [-0.1, -0.05) is 17.7 Å². The fourth-order valence-corrected chi connectivity index (χ4v) is 3.25. The van der Waals surface area contributed by atoms with Crippen LogP contribution in [0, 0.1) is 13.8 Å². The van der Waals surface area contributed by atoms with Crippen molar-refractivity contribution in [1.29, 1.82) is 0 Å². The van der Waals surface area contributed by atoms with E-state index in [1.807, 2.05) is 32.0 Å². The monoisotopic (exact) mass is 452 g/mol. The molecule has 0 saturated carbocycles. The van der Waals surface area contributed by atoms with Crippen molar-refractivity contribution >= 4 is 29.6 Å². The molecule has 174 valence electrons. The minimum atomic E-state index is -0.848. The maximum atomic E-state index is 12.1. The van der Waals surface area contributed by atoms with Crippen LogP contribution in [-0.2, 0) is 19.1 Å². The second-order valence-electron chi connectivity index (χ2n) is 7.77. The molecule has 3 rings (SSSR count). The van der Waals surface area contributed by atoms with Crippen molar-refractivity contribution in [2.24, 2.45) is 5.10 Å². The highest BCUT2D eigenvalue weighted by atomic mass is 16.5. The molecule has 2 aromatic rings. The minimum Gasteiger partial charge on any atom is -0.484 e. The van der Waals surface area contributed by atoms with Crippen molar-refractivity contribution in [2.75, 3.05) is 25.1 Å². The molecule has 3 N–H and O–H groups in total. The summed E-state index contributed by atoms with van der Waals surface area (Å²) in [6, 6.07) is 12.6. The van der Waals surface area contributed by atoms with Crippen molar-refractivity contribution < 1.29 is 23.9 Å². The van der Waals surface area contributed by atoms with E-state index in [0.29, 0.717) is 24.5 Å². The van der Waals surface area contributed by atoms with Gasteiger partial charge in [-0.2, -0.15) is 5.10 Å². The molecular weight excluding hydrogens is 424 g/mol. The first-order valence-corrected chi connectivity index (χ1v) is 10.7. The van der Waals surface area contributed by atoms with Gasteiger partial charge in [0.1, 0.15) is 5.75 Å². The molecule has 3 amide bonds. The lowest BCUT2D eigenvalue weighted by Crippen LogP contribution is -2.41. The van der Waals surface area contributed by atoms with Crippen LogP contribution in [0.15, 0.2) is 47.6 Å². The van der Waals surface area contributed by atoms with Gasteiger partial charge in [-0.25, -0.2) is 5.43 Å². The number of amides is 3. The molecule has 9 nitrogen and oxygen atoms in total. The number of anilines is 1. The van der Waals surface area contributed by atoms with E-state index >= 15 is 0 Å². The van der Waals surface area contributed by atoms with Gasteiger partial charge < -0.3 is 20.1 Å². The van der Waals surface area contributed by atoms with Crippen molar-refractivity contribution in [3.63, 3.8) is 0 Å². The van der Waals surface area contributed by atoms with Gasteiger partial charge in [-0.15, -0.1) is 0 Å². The summed E-state index contributed by atoms with van der Waals surface area (Å²) in [5.41, 5.74) is 5.73. The Kier molecular flexibility index (Phi) is 8.54. The molecule has 0 bridgehead atoms. The molecule has 1 saturated heterocycles. The van der Waals surface area contributed by atoms with Crippen LogP contribution in [0.5, 0.6) is 5.75 Å². The Balaban J connectivity index is 1.39. The molecule has 0 radical (unpaired) electrons. The normalized spacial score (nSPS) is 15.3. The van der Waals surface area contributed by atoms with Gasteiger partial charge in [0, 0.05) is 18.8 Å². The standard InChI is InChI=1S/C24H28N4O5/c1-16-5-10-21(17(2)12-16)27-22(29)15-33-19-8-6-18(7-9-19)13-26-28-24(31)23(30)25-14-20-4-3-11-32-20/h5-10,12-13,20H,3-4,11,14-15H2,1-2H3,(H,25,30)(H,27,29)(H,28,31)/b26-13-/t20-/m1/s1. The van der Waals surface area contributed by atoms with Crippen LogP contribution < -0.4 is 20.8 Å². The minimum absolute atomic E-state index is 0.0382. The van der Waals surface area contributed by atoms with Crippen molar-refractivity contribution in [2.45, 2.75) is 32.8 Å². The number of hydrogen-bond acceptors (Lipinski definition) is 6. The molecule has 1 heterocycles. The van der Waals surface area contributed by atoms with E-state index in [9.17, 15) is 14.4 Å². The Morgan fingerprint density at radius 3 is 2.61 bits per heavy atom. The van der Waals surface area contributed by atoms with E-state index < -0.39 is 11.8 Å². The number of carbonyl (C=O) groups is 3. The second kappa shape index (κ2) is 11.8. The number of nitrogens with zero attached hydrogens (tertiary/aromatic N) is 1. The van der Waals surface area contributed by atoms with Crippen LogP contribution in [0.25, 0.3) is 0 Å². The van der Waals surface area contributed by atoms with Crippen molar-refractivity contribution in [3.8, 4) is 5.75 Å². The number of hydrogen-bond donors (Lipinski definition) is 3. The SMILES string of the molecule is Cc1ccc(NC(=O)COc2ccc(/C=N\NC(=O)C(=O)NC[C@H]3CCCO3)cc2)c(C)c1. The Morgan fingerprint density at radius 1 is 1.12 bits per heavy atom. The highest BCUT2D eigenvalue weighted by molar-refractivity contribution is 6.35. The topological polar surface area (TPSA) is 118 Å². The maximum Gasteiger partial charge on any atom is 0.329 e. The van der Waals surface area contributed by atoms with Gasteiger partial charge in [-0.3, -0.25) is 14.4 Å². The zero-order chi connectivity index (χ0) is 23.6. The molecule has 1 aliphatic heterocycles. The highest BCUT2D eigenvalue weighted by Gasteiger charge is 2.18. The molecule has 2 aromatic carbocycles. The van der Waals surface area contributed by atoms with Gasteiger partial charge in [0.25, 0.3) is 5.91 Å². The van der Waals surface area contributed by atoms with Crippen LogP contribution in [0.4, 0.5) is 5.69 Å². The zero-order valence-corrected chi connectivity index (χ0v) is 18.7. The van der Waals surface area contributed by atoms with Gasteiger partial charge in [0.2, 0.25) is 0 Å². The fraction of sp³-hybridized carbons (Fsp3) is 0.333. The first-order valence-electron chi connectivity index (χ1n) is 10.7. The first-order chi connectivity index (χ1) is 15.9. The number of nitrogens with one attached hydrogen (secondary N) is 3. The molecule has 1 aliphatic rings. The average molecular weight is 453 g/mol. The van der Waals surface area contributed by atoms with Gasteiger partial charge in [0.15, 0.2) is 6.61 Å². The summed E-state index contributed by atoms with van der Waals surface area (Å²) in [5, 5.41) is 9.14. The third-order valence-corrected chi connectivity index (χ3v) is 5.01. The summed E-state index contributed by atoms with van der Waals surface area (Å²) in [4.78, 5) is 35.7. The third kappa shape index (κ3) is 7.73. The largest absolute Gasteiger partial charge is 0.484 e. The summed E-state index contributed by atoms with van der Waals surface area (Å²) in [6.45, 7) is 4.79. The summed E-state index contributed by atoms with van der Waals surface area (Å²) in [7, 11) is 0. The molecule has 0 spiro atoms. The van der Waals surface area contributed by atoms with Crippen molar-refractivity contribution in [3.05, 3.63) is 59.2 Å². The average Bonchev–Trinajstić information content (AvgIpc) is 3.32. The Bertz CT molecular complexity index is 1010. The van der Waals surface area contributed by atoms with Crippen LogP contribution in [0.3, 0.4) is 0 Å². The lowest BCUT2D eigenvalue weighted by atomic mass is 10.1. The lowest BCUT2D eigenvalue weighted by Gasteiger charge is -2.10. The summed E-state index contributed by atoms with van der Waals surface area (Å²) >= 11 is 0. The molecule has 0 aliphatic carbocycles. The number of carbonyl (C=O) groups excluding carboxylic acids is 3. The Hall–Kier alpha value is -3.72. The molecule has 33 heavy (non-hydrogen) atoms. The maximum absolute atomic E-state index is 12.1. The summed E-state index contributed by atoms with van der Waals surface area (Å²) in [6.07, 6.45) is 3.20. The molecular formula is C24H28N4O5. The van der Waals surface area contributed by atoms with E-state index in [0.717, 1.165) is 29.7 Å². The van der Waals surface area contributed by atoms with Crippen LogP contribution >= 0.6 is 0 Å². The Morgan fingerprint density at radius 2 is 1.91 bits per heavy atom. The quantitative estimate of drug-likeness (QED) is 0.322. The van der Waals surface area contributed by atoms with Crippen molar-refractivity contribution in [1.82, 2.24) is 10.7 Å². The smallest absolute Gasteiger partial charge is 0.329 e. The zero-order valence-electron chi connectivity index (χ0n) is 18.7. The van der Waals surface area contributed by atoms with E-state index in [-0.39, 0.29) is 18.6 Å². The third-order valence-electron chi connectivity index (χ3n) is 5.01. The molecule has 9 heteroatoms. The highest BCUT2D eigenvalue weighted by Crippen LogP contribution is 2.16. The van der Waals surface area contributed by atoms with E-state index in [2.05, 4.69) is 21.2 Å². The number of benzene rings is 2. The van der Waals surface area contributed by atoms with E-state index in [1.165, 1.54) is 6.21 Å². The molecule has 0 unspecified atom stereocenters. The number of rotatable bonds is 8. The second-order valence-corrected chi connectivity index (χ2v) is 7.77. The first kappa shape index (κ1) is 23.9. The molecule has 1 atom stereocenters. The Labute approximate surface area is 192 Å². The van der Waals surface area contributed by atoms with E-state index in [4.69, 9.17) is 9.47 Å². The van der Waals surface area contributed by atoms with Gasteiger partial charge in [0.05, 0.1) is 12.3 Å². The molecule has 0 aromatic heterocycles. The predicted molar refractivity (Wildman–Crippen MR) is 124 cm³/mol. The molecule has 1 fully saturated rings. The van der Waals surface area contributed by atoms with Gasteiger partial charge >= 0.3 is 11.8 Å². The fourth-order valence-electron chi connectivity index (χ4n) is 3.25. The number of ether oxygens (including phenoxy) is 2. The van der Waals surface area contributed by atoms with Crippen LogP contribution in [-0.4, -0.2) is 49.8 Å². The lowest BCUT2D eigenvalue weighted by molar-refractivity contribution is -0.139. The van der Waals surface area contributed by atoms with Crippen LogP contribution in [0.2, 0.25) is 0 Å². The number of aryl methyl sites for hydroxylation is 2. The summed E-state index contributed by atoms with van der Waals surface area (Å²) < 4.78 is 10.9. The summed E-state index contributed by atoms with van der Waals surface area (Å²) in [5.74, 6) is -1.35. The van der Waals surface area contributed by atoms with Gasteiger partial charge in [-0.05, 0) is 68.1 Å². The predicted octanol–water partition coefficient (Wildman–Crippen LogP) is 2.07.